The molecule has 0 bridgehead atoms. The molecule has 1 saturated carbocycles. The quantitative estimate of drug-likeness (QED) is 0.716. The highest BCUT2D eigenvalue weighted by atomic mass is 15.1. The molecule has 19 heavy (non-hydrogen) atoms. The molecule has 0 N–H and O–H groups in total. The van der Waals surface area contributed by atoms with Crippen molar-refractivity contribution >= 4 is 5.70 Å². The number of rotatable bonds is 7. The summed E-state index contributed by atoms with van der Waals surface area (Å²) in [5.41, 5.74) is 4.21. The maximum absolute atomic E-state index is 4.59. The number of pyridine rings is 1. The zero-order valence-electron chi connectivity index (χ0n) is 12.4. The minimum atomic E-state index is 1.15. The SMILES string of the molecule is CCCCN(CCC)C(=C1CCC1)c1ccccn1. The van der Waals surface area contributed by atoms with Crippen LogP contribution in [0.1, 0.15) is 58.1 Å². The molecule has 1 aromatic rings. The van der Waals surface area contributed by atoms with Gasteiger partial charge in [-0.05, 0) is 49.8 Å². The van der Waals surface area contributed by atoms with Gasteiger partial charge in [-0.25, -0.2) is 0 Å². The maximum atomic E-state index is 4.59. The van der Waals surface area contributed by atoms with Gasteiger partial charge in [0.1, 0.15) is 0 Å². The average Bonchev–Trinajstić information content (AvgIpc) is 2.40. The van der Waals surface area contributed by atoms with Crippen LogP contribution >= 0.6 is 0 Å². The molecule has 104 valence electrons. The first-order valence-electron chi connectivity index (χ1n) is 7.75. The summed E-state index contributed by atoms with van der Waals surface area (Å²) in [6, 6.07) is 6.27. The van der Waals surface area contributed by atoms with Gasteiger partial charge in [-0.2, -0.15) is 0 Å². The van der Waals surface area contributed by atoms with Crippen molar-refractivity contribution in [3.8, 4) is 0 Å². The average molecular weight is 258 g/mol. The molecule has 2 heteroatoms. The lowest BCUT2D eigenvalue weighted by molar-refractivity contribution is 0.379. The highest BCUT2D eigenvalue weighted by Crippen LogP contribution is 2.35. The Morgan fingerprint density at radius 2 is 2.00 bits per heavy atom. The van der Waals surface area contributed by atoms with Crippen molar-refractivity contribution in [3.63, 3.8) is 0 Å². The fourth-order valence-electron chi connectivity index (χ4n) is 2.61. The minimum absolute atomic E-state index is 1.15. The molecular formula is C17H26N2. The van der Waals surface area contributed by atoms with Gasteiger partial charge < -0.3 is 4.90 Å². The standard InChI is InChI=1S/C17H26N2/c1-3-5-14-19(13-4-2)17(15-9-8-10-15)16-11-6-7-12-18-16/h6-7,11-12H,3-5,8-10,13-14H2,1-2H3. The van der Waals surface area contributed by atoms with Crippen LogP contribution in [0.4, 0.5) is 0 Å². The van der Waals surface area contributed by atoms with E-state index in [4.69, 9.17) is 0 Å². The van der Waals surface area contributed by atoms with Gasteiger partial charge in [0.05, 0.1) is 11.4 Å². The van der Waals surface area contributed by atoms with Crippen LogP contribution in [0, 0.1) is 0 Å². The lowest BCUT2D eigenvalue weighted by Crippen LogP contribution is -2.27. The maximum Gasteiger partial charge on any atom is 0.0862 e. The van der Waals surface area contributed by atoms with Crippen molar-refractivity contribution in [3.05, 3.63) is 35.7 Å². The van der Waals surface area contributed by atoms with E-state index in [0.29, 0.717) is 0 Å². The summed E-state index contributed by atoms with van der Waals surface area (Å²) in [4.78, 5) is 7.16. The van der Waals surface area contributed by atoms with E-state index in [2.05, 4.69) is 35.9 Å². The van der Waals surface area contributed by atoms with E-state index in [-0.39, 0.29) is 0 Å². The molecule has 0 unspecified atom stereocenters. The largest absolute Gasteiger partial charge is 0.370 e. The second-order valence-corrected chi connectivity index (χ2v) is 5.36. The first-order valence-corrected chi connectivity index (χ1v) is 7.75. The van der Waals surface area contributed by atoms with Gasteiger partial charge in [0.15, 0.2) is 0 Å². The number of hydrogen-bond acceptors (Lipinski definition) is 2. The van der Waals surface area contributed by atoms with Crippen LogP contribution in [0.15, 0.2) is 30.0 Å². The van der Waals surface area contributed by atoms with E-state index in [0.717, 1.165) is 6.54 Å². The third-order valence-corrected chi connectivity index (χ3v) is 3.79. The van der Waals surface area contributed by atoms with E-state index < -0.39 is 0 Å². The lowest BCUT2D eigenvalue weighted by atomic mass is 9.88. The lowest BCUT2D eigenvalue weighted by Gasteiger charge is -2.32. The van der Waals surface area contributed by atoms with Gasteiger partial charge in [0.2, 0.25) is 0 Å². The summed E-state index contributed by atoms with van der Waals surface area (Å²) in [6.45, 7) is 6.84. The van der Waals surface area contributed by atoms with E-state index in [9.17, 15) is 0 Å². The molecule has 0 aliphatic heterocycles. The molecule has 0 atom stereocenters. The summed E-state index contributed by atoms with van der Waals surface area (Å²) >= 11 is 0. The Hall–Kier alpha value is -1.31. The second-order valence-electron chi connectivity index (χ2n) is 5.36. The summed E-state index contributed by atoms with van der Waals surface area (Å²) in [6.07, 6.45) is 9.51. The van der Waals surface area contributed by atoms with Gasteiger partial charge in [-0.15, -0.1) is 0 Å². The van der Waals surface area contributed by atoms with Gasteiger partial charge in [0, 0.05) is 19.3 Å². The van der Waals surface area contributed by atoms with E-state index in [1.165, 1.54) is 56.5 Å². The molecule has 2 nitrogen and oxygen atoms in total. The molecule has 1 heterocycles. The van der Waals surface area contributed by atoms with E-state index >= 15 is 0 Å². The topological polar surface area (TPSA) is 16.1 Å². The predicted molar refractivity (Wildman–Crippen MR) is 81.8 cm³/mol. The Bertz CT molecular complexity index is 403. The van der Waals surface area contributed by atoms with Gasteiger partial charge in [0.25, 0.3) is 0 Å². The second kappa shape index (κ2) is 7.32. The Balaban J connectivity index is 2.26. The van der Waals surface area contributed by atoms with E-state index in [1.54, 1.807) is 5.57 Å². The molecule has 0 aromatic carbocycles. The molecule has 1 aliphatic carbocycles. The summed E-state index contributed by atoms with van der Waals surface area (Å²) in [5.74, 6) is 0. The molecule has 0 spiro atoms. The molecule has 1 aromatic heterocycles. The highest BCUT2D eigenvalue weighted by molar-refractivity contribution is 5.65. The Labute approximate surface area is 117 Å². The molecule has 0 radical (unpaired) electrons. The van der Waals surface area contributed by atoms with E-state index in [1.807, 2.05) is 12.3 Å². The summed E-state index contributed by atoms with van der Waals surface area (Å²) < 4.78 is 0. The molecule has 0 saturated heterocycles. The third-order valence-electron chi connectivity index (χ3n) is 3.79. The minimum Gasteiger partial charge on any atom is -0.370 e. The molecular weight excluding hydrogens is 232 g/mol. The zero-order valence-corrected chi connectivity index (χ0v) is 12.4. The number of unbranched alkanes of at least 4 members (excludes halogenated alkanes) is 1. The summed E-state index contributed by atoms with van der Waals surface area (Å²) in [5, 5.41) is 0. The smallest absolute Gasteiger partial charge is 0.0862 e. The number of nitrogens with zero attached hydrogens (tertiary/aromatic N) is 2. The van der Waals surface area contributed by atoms with Crippen molar-refractivity contribution in [2.45, 2.75) is 52.4 Å². The van der Waals surface area contributed by atoms with Crippen molar-refractivity contribution < 1.29 is 0 Å². The first kappa shape index (κ1) is 14.1. The molecule has 1 aliphatic rings. The van der Waals surface area contributed by atoms with Crippen molar-refractivity contribution in [1.29, 1.82) is 0 Å². The number of allylic oxidation sites excluding steroid dienone is 1. The Morgan fingerprint density at radius 3 is 2.53 bits per heavy atom. The normalized spacial score (nSPS) is 14.1. The van der Waals surface area contributed by atoms with Crippen molar-refractivity contribution in [2.75, 3.05) is 13.1 Å². The number of aromatic nitrogens is 1. The zero-order chi connectivity index (χ0) is 13.5. The predicted octanol–water partition coefficient (Wildman–Crippen LogP) is 4.49. The molecule has 1 fully saturated rings. The van der Waals surface area contributed by atoms with Crippen molar-refractivity contribution in [1.82, 2.24) is 9.88 Å². The summed E-state index contributed by atoms with van der Waals surface area (Å²) in [7, 11) is 0. The Morgan fingerprint density at radius 1 is 1.16 bits per heavy atom. The fourth-order valence-corrected chi connectivity index (χ4v) is 2.61. The van der Waals surface area contributed by atoms with Gasteiger partial charge in [-0.1, -0.05) is 26.3 Å². The van der Waals surface area contributed by atoms with Crippen LogP contribution in [0.5, 0.6) is 0 Å². The van der Waals surface area contributed by atoms with Crippen LogP contribution in [-0.4, -0.2) is 23.0 Å². The van der Waals surface area contributed by atoms with Crippen LogP contribution in [-0.2, 0) is 0 Å². The van der Waals surface area contributed by atoms with Crippen LogP contribution in [0.25, 0.3) is 5.70 Å². The highest BCUT2D eigenvalue weighted by Gasteiger charge is 2.21. The van der Waals surface area contributed by atoms with Crippen LogP contribution < -0.4 is 0 Å². The fraction of sp³-hybridized carbons (Fsp3) is 0.588. The van der Waals surface area contributed by atoms with Gasteiger partial charge in [-0.3, -0.25) is 4.98 Å². The number of hydrogen-bond donors (Lipinski definition) is 0. The first-order chi connectivity index (χ1) is 9.36. The van der Waals surface area contributed by atoms with Crippen molar-refractivity contribution in [2.24, 2.45) is 0 Å². The Kier molecular flexibility index (Phi) is 5.44. The van der Waals surface area contributed by atoms with Crippen LogP contribution in [0.2, 0.25) is 0 Å². The monoisotopic (exact) mass is 258 g/mol. The third kappa shape index (κ3) is 3.59. The van der Waals surface area contributed by atoms with Gasteiger partial charge >= 0.3 is 0 Å². The molecule has 2 rings (SSSR count). The molecule has 0 amide bonds. The van der Waals surface area contributed by atoms with Crippen LogP contribution in [0.3, 0.4) is 0 Å².